The quantitative estimate of drug-likeness (QED) is 0.742. The van der Waals surface area contributed by atoms with Crippen LogP contribution < -0.4 is 10.6 Å². The Hall–Kier alpha value is -1.88. The first-order chi connectivity index (χ1) is 9.47. The van der Waals surface area contributed by atoms with Crippen LogP contribution in [0.15, 0.2) is 24.3 Å². The standard InChI is InChI=1S/C15H22N2O3/c1-4-14(19)17-13-7-5-6-12(8-13)15(20)16-11(3)10(2)9-18/h5-8,10-11,18H,4,9H2,1-3H3,(H,16,20)(H,17,19). The minimum Gasteiger partial charge on any atom is -0.396 e. The van der Waals surface area contributed by atoms with Crippen molar-refractivity contribution in [3.63, 3.8) is 0 Å². The molecular weight excluding hydrogens is 256 g/mol. The fraction of sp³-hybridized carbons (Fsp3) is 0.467. The van der Waals surface area contributed by atoms with Crippen LogP contribution in [0, 0.1) is 5.92 Å². The number of benzene rings is 1. The Morgan fingerprint density at radius 1 is 1.30 bits per heavy atom. The van der Waals surface area contributed by atoms with Gasteiger partial charge in [-0.2, -0.15) is 0 Å². The van der Waals surface area contributed by atoms with E-state index in [1.807, 2.05) is 13.8 Å². The van der Waals surface area contributed by atoms with E-state index in [1.54, 1.807) is 31.2 Å². The summed E-state index contributed by atoms with van der Waals surface area (Å²) in [5.74, 6) is -0.322. The first-order valence-corrected chi connectivity index (χ1v) is 6.79. The van der Waals surface area contributed by atoms with Crippen molar-refractivity contribution in [2.45, 2.75) is 33.2 Å². The normalized spacial score (nSPS) is 13.4. The molecule has 0 radical (unpaired) electrons. The molecule has 2 unspecified atom stereocenters. The number of carbonyl (C=O) groups is 2. The predicted molar refractivity (Wildman–Crippen MR) is 78.5 cm³/mol. The third-order valence-corrected chi connectivity index (χ3v) is 3.23. The van der Waals surface area contributed by atoms with Crippen molar-refractivity contribution in [2.75, 3.05) is 11.9 Å². The predicted octanol–water partition coefficient (Wildman–Crippen LogP) is 1.78. The van der Waals surface area contributed by atoms with Gasteiger partial charge in [0.25, 0.3) is 5.91 Å². The van der Waals surface area contributed by atoms with Crippen LogP contribution in [0.1, 0.15) is 37.6 Å². The average Bonchev–Trinajstić information content (AvgIpc) is 2.46. The molecule has 0 aliphatic carbocycles. The summed E-state index contributed by atoms with van der Waals surface area (Å²) in [6, 6.07) is 6.66. The number of carbonyl (C=O) groups excluding carboxylic acids is 2. The smallest absolute Gasteiger partial charge is 0.251 e. The summed E-state index contributed by atoms with van der Waals surface area (Å²) in [7, 11) is 0. The van der Waals surface area contributed by atoms with Gasteiger partial charge in [-0.3, -0.25) is 9.59 Å². The van der Waals surface area contributed by atoms with Crippen molar-refractivity contribution in [2.24, 2.45) is 5.92 Å². The molecule has 0 heterocycles. The highest BCUT2D eigenvalue weighted by atomic mass is 16.3. The number of aliphatic hydroxyl groups excluding tert-OH is 1. The molecule has 0 bridgehead atoms. The summed E-state index contributed by atoms with van der Waals surface area (Å²) in [6.07, 6.45) is 0.390. The van der Waals surface area contributed by atoms with E-state index in [4.69, 9.17) is 5.11 Å². The van der Waals surface area contributed by atoms with Gasteiger partial charge in [0.05, 0.1) is 0 Å². The van der Waals surface area contributed by atoms with Crippen LogP contribution in [-0.2, 0) is 4.79 Å². The average molecular weight is 278 g/mol. The largest absolute Gasteiger partial charge is 0.396 e. The SMILES string of the molecule is CCC(=O)Nc1cccc(C(=O)NC(C)C(C)CO)c1. The highest BCUT2D eigenvalue weighted by molar-refractivity contribution is 5.97. The minimum absolute atomic E-state index is 0.0121. The maximum Gasteiger partial charge on any atom is 0.251 e. The molecule has 5 heteroatoms. The van der Waals surface area contributed by atoms with Gasteiger partial charge in [0.2, 0.25) is 5.91 Å². The third kappa shape index (κ3) is 4.66. The van der Waals surface area contributed by atoms with E-state index in [1.165, 1.54) is 0 Å². The zero-order valence-electron chi connectivity index (χ0n) is 12.1. The maximum absolute atomic E-state index is 12.1. The van der Waals surface area contributed by atoms with Crippen LogP contribution in [0.25, 0.3) is 0 Å². The molecule has 1 rings (SSSR count). The molecule has 0 aromatic heterocycles. The van der Waals surface area contributed by atoms with E-state index in [9.17, 15) is 9.59 Å². The number of anilines is 1. The highest BCUT2D eigenvalue weighted by Crippen LogP contribution is 2.12. The monoisotopic (exact) mass is 278 g/mol. The summed E-state index contributed by atoms with van der Waals surface area (Å²) < 4.78 is 0. The Morgan fingerprint density at radius 3 is 2.60 bits per heavy atom. The molecule has 0 saturated heterocycles. The lowest BCUT2D eigenvalue weighted by atomic mass is 10.0. The number of rotatable bonds is 6. The molecule has 0 fully saturated rings. The van der Waals surface area contributed by atoms with Gasteiger partial charge in [-0.1, -0.05) is 19.9 Å². The van der Waals surface area contributed by atoms with Crippen molar-refractivity contribution in [3.05, 3.63) is 29.8 Å². The van der Waals surface area contributed by atoms with E-state index >= 15 is 0 Å². The second-order valence-corrected chi connectivity index (χ2v) is 4.90. The van der Waals surface area contributed by atoms with Gasteiger partial charge < -0.3 is 15.7 Å². The second kappa shape index (κ2) is 7.65. The van der Waals surface area contributed by atoms with Crippen LogP contribution in [-0.4, -0.2) is 29.6 Å². The summed E-state index contributed by atoms with van der Waals surface area (Å²) in [5, 5.41) is 14.6. The second-order valence-electron chi connectivity index (χ2n) is 4.90. The van der Waals surface area contributed by atoms with Crippen LogP contribution in [0.4, 0.5) is 5.69 Å². The first kappa shape index (κ1) is 16.2. The van der Waals surface area contributed by atoms with Crippen molar-refractivity contribution in [1.82, 2.24) is 5.32 Å². The molecule has 110 valence electrons. The molecule has 0 saturated carbocycles. The van der Waals surface area contributed by atoms with Gasteiger partial charge in [-0.15, -0.1) is 0 Å². The van der Waals surface area contributed by atoms with Crippen LogP contribution >= 0.6 is 0 Å². The molecule has 3 N–H and O–H groups in total. The maximum atomic E-state index is 12.1. The van der Waals surface area contributed by atoms with E-state index in [-0.39, 0.29) is 30.4 Å². The van der Waals surface area contributed by atoms with Gasteiger partial charge in [0.1, 0.15) is 0 Å². The van der Waals surface area contributed by atoms with Crippen molar-refractivity contribution in [3.8, 4) is 0 Å². The fourth-order valence-corrected chi connectivity index (χ4v) is 1.58. The summed E-state index contributed by atoms with van der Waals surface area (Å²) in [4.78, 5) is 23.4. The van der Waals surface area contributed by atoms with Crippen LogP contribution in [0.2, 0.25) is 0 Å². The first-order valence-electron chi connectivity index (χ1n) is 6.79. The van der Waals surface area contributed by atoms with Crippen molar-refractivity contribution < 1.29 is 14.7 Å². The Bertz CT molecular complexity index is 474. The Morgan fingerprint density at radius 2 is 2.00 bits per heavy atom. The molecular formula is C15H22N2O3. The lowest BCUT2D eigenvalue weighted by Crippen LogP contribution is -2.38. The van der Waals surface area contributed by atoms with Gasteiger partial charge in [-0.05, 0) is 31.0 Å². The molecule has 5 nitrogen and oxygen atoms in total. The third-order valence-electron chi connectivity index (χ3n) is 3.23. The summed E-state index contributed by atoms with van der Waals surface area (Å²) >= 11 is 0. The van der Waals surface area contributed by atoms with Gasteiger partial charge in [0.15, 0.2) is 0 Å². The van der Waals surface area contributed by atoms with E-state index < -0.39 is 0 Å². The molecule has 0 aliphatic heterocycles. The van der Waals surface area contributed by atoms with E-state index in [2.05, 4.69) is 10.6 Å². The topological polar surface area (TPSA) is 78.4 Å². The fourth-order valence-electron chi connectivity index (χ4n) is 1.58. The van der Waals surface area contributed by atoms with Gasteiger partial charge in [-0.25, -0.2) is 0 Å². The van der Waals surface area contributed by atoms with Crippen LogP contribution in [0.3, 0.4) is 0 Å². The lowest BCUT2D eigenvalue weighted by molar-refractivity contribution is -0.115. The Labute approximate surface area is 119 Å². The molecule has 2 atom stereocenters. The number of aliphatic hydroxyl groups is 1. The van der Waals surface area contributed by atoms with Gasteiger partial charge in [0, 0.05) is 30.3 Å². The minimum atomic E-state index is -0.217. The summed E-state index contributed by atoms with van der Waals surface area (Å²) in [6.45, 7) is 5.50. The summed E-state index contributed by atoms with van der Waals surface area (Å²) in [5.41, 5.74) is 1.09. The number of amides is 2. The van der Waals surface area contributed by atoms with Gasteiger partial charge >= 0.3 is 0 Å². The highest BCUT2D eigenvalue weighted by Gasteiger charge is 2.15. The van der Waals surface area contributed by atoms with E-state index in [0.717, 1.165) is 0 Å². The van der Waals surface area contributed by atoms with Crippen molar-refractivity contribution in [1.29, 1.82) is 0 Å². The number of hydrogen-bond donors (Lipinski definition) is 3. The molecule has 1 aromatic rings. The Balaban J connectivity index is 2.73. The number of nitrogens with one attached hydrogen (secondary N) is 2. The molecule has 2 amide bonds. The van der Waals surface area contributed by atoms with E-state index in [0.29, 0.717) is 17.7 Å². The zero-order chi connectivity index (χ0) is 15.1. The Kier molecular flexibility index (Phi) is 6.18. The zero-order valence-corrected chi connectivity index (χ0v) is 12.1. The number of hydrogen-bond acceptors (Lipinski definition) is 3. The van der Waals surface area contributed by atoms with Crippen LogP contribution in [0.5, 0.6) is 0 Å². The molecule has 0 spiro atoms. The lowest BCUT2D eigenvalue weighted by Gasteiger charge is -2.19. The molecule has 0 aliphatic rings. The van der Waals surface area contributed by atoms with Crippen molar-refractivity contribution >= 4 is 17.5 Å². The molecule has 20 heavy (non-hydrogen) atoms. The molecule has 1 aromatic carbocycles.